The van der Waals surface area contributed by atoms with Gasteiger partial charge in [0, 0.05) is 4.90 Å². The van der Waals surface area contributed by atoms with Crippen molar-refractivity contribution < 1.29 is 9.53 Å². The predicted octanol–water partition coefficient (Wildman–Crippen LogP) is 4.21. The molecule has 3 aromatic rings. The van der Waals surface area contributed by atoms with Gasteiger partial charge in [-0.3, -0.25) is 4.79 Å². The third-order valence-electron chi connectivity index (χ3n) is 3.37. The van der Waals surface area contributed by atoms with Gasteiger partial charge in [-0.25, -0.2) is 4.98 Å². The van der Waals surface area contributed by atoms with E-state index in [1.54, 1.807) is 18.9 Å². The molecule has 1 amide bonds. The second-order valence-corrected chi connectivity index (χ2v) is 6.84. The minimum Gasteiger partial charge on any atom is -0.497 e. The molecule has 0 atom stereocenters. The normalized spacial score (nSPS) is 10.7. The van der Waals surface area contributed by atoms with E-state index in [2.05, 4.69) is 16.4 Å². The number of anilines is 1. The second-order valence-electron chi connectivity index (χ2n) is 4.93. The molecular weight excluding hydrogens is 328 g/mol. The van der Waals surface area contributed by atoms with E-state index >= 15 is 0 Å². The number of methoxy groups -OCH3 is 1. The van der Waals surface area contributed by atoms with Crippen molar-refractivity contribution >= 4 is 44.4 Å². The fourth-order valence-electron chi connectivity index (χ4n) is 2.18. The zero-order chi connectivity index (χ0) is 16.2. The van der Waals surface area contributed by atoms with E-state index in [1.165, 1.54) is 16.2 Å². The van der Waals surface area contributed by atoms with Crippen molar-refractivity contribution in [3.63, 3.8) is 0 Å². The van der Waals surface area contributed by atoms with Crippen molar-refractivity contribution in [2.75, 3.05) is 18.7 Å². The van der Waals surface area contributed by atoms with Gasteiger partial charge in [-0.05, 0) is 42.2 Å². The molecule has 0 aliphatic heterocycles. The van der Waals surface area contributed by atoms with Gasteiger partial charge < -0.3 is 10.1 Å². The Hall–Kier alpha value is -2.05. The summed E-state index contributed by atoms with van der Waals surface area (Å²) in [5.74, 6) is 0.712. The lowest BCUT2D eigenvalue weighted by Gasteiger charge is -2.03. The Morgan fingerprint density at radius 2 is 2.04 bits per heavy atom. The number of nitrogens with one attached hydrogen (secondary N) is 1. The Morgan fingerprint density at radius 1 is 1.26 bits per heavy atom. The maximum absolute atomic E-state index is 12.2. The molecule has 6 heteroatoms. The van der Waals surface area contributed by atoms with Crippen LogP contribution in [0.1, 0.15) is 5.56 Å². The minimum absolute atomic E-state index is 0.0701. The summed E-state index contributed by atoms with van der Waals surface area (Å²) in [7, 11) is 1.62. The van der Waals surface area contributed by atoms with E-state index in [0.717, 1.165) is 21.5 Å². The molecule has 4 nitrogen and oxygen atoms in total. The number of thiazole rings is 1. The topological polar surface area (TPSA) is 51.2 Å². The van der Waals surface area contributed by atoms with Crippen LogP contribution in [-0.2, 0) is 11.2 Å². The van der Waals surface area contributed by atoms with Gasteiger partial charge in [0.2, 0.25) is 5.91 Å². The molecule has 0 unspecified atom stereocenters. The molecule has 0 saturated carbocycles. The van der Waals surface area contributed by atoms with Crippen LogP contribution in [-0.4, -0.2) is 24.3 Å². The van der Waals surface area contributed by atoms with Crippen LogP contribution in [0.15, 0.2) is 47.4 Å². The standard InChI is InChI=1S/C17H16N2O2S2/c1-21-12-5-3-11(4-6-12)9-16(20)19-17-18-14-8-7-13(22-2)10-15(14)23-17/h3-8,10H,9H2,1-2H3,(H,18,19,20). The van der Waals surface area contributed by atoms with Crippen LogP contribution in [0.5, 0.6) is 5.75 Å². The van der Waals surface area contributed by atoms with Gasteiger partial charge in [0.25, 0.3) is 0 Å². The highest BCUT2D eigenvalue weighted by Gasteiger charge is 2.09. The Kier molecular flexibility index (Phi) is 4.83. The van der Waals surface area contributed by atoms with Crippen molar-refractivity contribution in [1.29, 1.82) is 0 Å². The molecule has 23 heavy (non-hydrogen) atoms. The summed E-state index contributed by atoms with van der Waals surface area (Å²) in [5.41, 5.74) is 1.85. The quantitative estimate of drug-likeness (QED) is 0.705. The van der Waals surface area contributed by atoms with Crippen LogP contribution < -0.4 is 10.1 Å². The molecule has 1 heterocycles. The van der Waals surface area contributed by atoms with Crippen LogP contribution in [0, 0.1) is 0 Å². The summed E-state index contributed by atoms with van der Waals surface area (Å²) in [5, 5.41) is 3.51. The first-order valence-corrected chi connectivity index (χ1v) is 9.09. The highest BCUT2D eigenvalue weighted by molar-refractivity contribution is 7.98. The molecule has 0 radical (unpaired) electrons. The molecule has 2 aromatic carbocycles. The predicted molar refractivity (Wildman–Crippen MR) is 96.7 cm³/mol. The number of aromatic nitrogens is 1. The number of nitrogens with zero attached hydrogens (tertiary/aromatic N) is 1. The first-order chi connectivity index (χ1) is 11.2. The van der Waals surface area contributed by atoms with E-state index < -0.39 is 0 Å². The summed E-state index contributed by atoms with van der Waals surface area (Å²) in [6.07, 6.45) is 2.36. The molecule has 1 N–H and O–H groups in total. The number of amides is 1. The summed E-state index contributed by atoms with van der Waals surface area (Å²) in [6.45, 7) is 0. The first-order valence-electron chi connectivity index (χ1n) is 7.05. The molecule has 118 valence electrons. The number of hydrogen-bond donors (Lipinski definition) is 1. The van der Waals surface area contributed by atoms with E-state index in [-0.39, 0.29) is 5.91 Å². The number of ether oxygens (including phenoxy) is 1. The fourth-order valence-corrected chi connectivity index (χ4v) is 3.61. The SMILES string of the molecule is COc1ccc(CC(=O)Nc2nc3ccc(SC)cc3s2)cc1. The molecule has 0 aliphatic carbocycles. The Bertz CT molecular complexity index is 828. The number of thioether (sulfide) groups is 1. The highest BCUT2D eigenvalue weighted by atomic mass is 32.2. The Morgan fingerprint density at radius 3 is 2.74 bits per heavy atom. The van der Waals surface area contributed by atoms with Crippen LogP contribution >= 0.6 is 23.1 Å². The van der Waals surface area contributed by atoms with Crippen molar-refractivity contribution in [1.82, 2.24) is 4.98 Å². The Balaban J connectivity index is 1.69. The van der Waals surface area contributed by atoms with E-state index in [1.807, 2.05) is 42.7 Å². The van der Waals surface area contributed by atoms with Crippen molar-refractivity contribution in [3.05, 3.63) is 48.0 Å². The third-order valence-corrected chi connectivity index (χ3v) is 5.02. The summed E-state index contributed by atoms with van der Waals surface area (Å²) in [4.78, 5) is 17.8. The van der Waals surface area contributed by atoms with Gasteiger partial charge in [0.05, 0.1) is 23.7 Å². The maximum atomic E-state index is 12.2. The first kappa shape index (κ1) is 15.8. The van der Waals surface area contributed by atoms with Crippen LogP contribution in [0.2, 0.25) is 0 Å². The van der Waals surface area contributed by atoms with Crippen LogP contribution in [0.3, 0.4) is 0 Å². The number of fused-ring (bicyclic) bond motifs is 1. The zero-order valence-corrected chi connectivity index (χ0v) is 14.5. The number of benzene rings is 2. The fraction of sp³-hybridized carbons (Fsp3) is 0.176. The van der Waals surface area contributed by atoms with Crippen molar-refractivity contribution in [2.45, 2.75) is 11.3 Å². The van der Waals surface area contributed by atoms with Crippen LogP contribution in [0.25, 0.3) is 10.2 Å². The number of carbonyl (C=O) groups excluding carboxylic acids is 1. The minimum atomic E-state index is -0.0701. The van der Waals surface area contributed by atoms with Gasteiger partial charge >= 0.3 is 0 Å². The van der Waals surface area contributed by atoms with Gasteiger partial charge in [-0.15, -0.1) is 11.8 Å². The molecule has 0 saturated heterocycles. The van der Waals surface area contributed by atoms with E-state index in [0.29, 0.717) is 11.6 Å². The number of rotatable bonds is 5. The maximum Gasteiger partial charge on any atom is 0.230 e. The Labute approximate surface area is 142 Å². The smallest absolute Gasteiger partial charge is 0.230 e. The molecule has 0 aliphatic rings. The summed E-state index contributed by atoms with van der Waals surface area (Å²) < 4.78 is 6.19. The van der Waals surface area contributed by atoms with Gasteiger partial charge in [0.1, 0.15) is 5.75 Å². The summed E-state index contributed by atoms with van der Waals surface area (Å²) in [6, 6.07) is 13.6. The lowest BCUT2D eigenvalue weighted by molar-refractivity contribution is -0.115. The molecule has 0 bridgehead atoms. The molecule has 3 rings (SSSR count). The average Bonchev–Trinajstić information content (AvgIpc) is 2.96. The van der Waals surface area contributed by atoms with Crippen LogP contribution in [0.4, 0.5) is 5.13 Å². The van der Waals surface area contributed by atoms with E-state index in [9.17, 15) is 4.79 Å². The highest BCUT2D eigenvalue weighted by Crippen LogP contribution is 2.29. The largest absolute Gasteiger partial charge is 0.497 e. The van der Waals surface area contributed by atoms with Crippen molar-refractivity contribution in [2.24, 2.45) is 0 Å². The van der Waals surface area contributed by atoms with Gasteiger partial charge in [-0.1, -0.05) is 23.5 Å². The molecule has 0 spiro atoms. The third kappa shape index (κ3) is 3.83. The zero-order valence-electron chi connectivity index (χ0n) is 12.8. The lowest BCUT2D eigenvalue weighted by Crippen LogP contribution is -2.14. The number of hydrogen-bond acceptors (Lipinski definition) is 5. The second kappa shape index (κ2) is 7.02. The van der Waals surface area contributed by atoms with E-state index in [4.69, 9.17) is 4.74 Å². The molecule has 0 fully saturated rings. The van der Waals surface area contributed by atoms with Gasteiger partial charge in [-0.2, -0.15) is 0 Å². The lowest BCUT2D eigenvalue weighted by atomic mass is 10.1. The monoisotopic (exact) mass is 344 g/mol. The average molecular weight is 344 g/mol. The number of carbonyl (C=O) groups is 1. The molecular formula is C17H16N2O2S2. The summed E-state index contributed by atoms with van der Waals surface area (Å²) >= 11 is 3.19. The molecule has 1 aromatic heterocycles. The van der Waals surface area contributed by atoms with Crippen molar-refractivity contribution in [3.8, 4) is 5.75 Å². The van der Waals surface area contributed by atoms with Gasteiger partial charge in [0.15, 0.2) is 5.13 Å².